The number of rotatable bonds is 3. The van der Waals surface area contributed by atoms with E-state index in [1.807, 2.05) is 30.5 Å². The molecule has 0 saturated carbocycles. The van der Waals surface area contributed by atoms with Gasteiger partial charge < -0.3 is 15.0 Å². The predicted octanol–water partition coefficient (Wildman–Crippen LogP) is 2.60. The van der Waals surface area contributed by atoms with Crippen LogP contribution in [0.5, 0.6) is 11.8 Å². The maximum Gasteiger partial charge on any atom is 0.221 e. The van der Waals surface area contributed by atoms with Crippen LogP contribution in [0.2, 0.25) is 0 Å². The van der Waals surface area contributed by atoms with E-state index in [9.17, 15) is 0 Å². The Morgan fingerprint density at radius 2 is 1.91 bits per heavy atom. The minimum Gasteiger partial charge on any atom is -0.421 e. The molecule has 2 fully saturated rings. The van der Waals surface area contributed by atoms with Gasteiger partial charge in [0.2, 0.25) is 11.8 Å². The summed E-state index contributed by atoms with van der Waals surface area (Å²) in [6.45, 7) is 2.16. The van der Waals surface area contributed by atoms with Crippen LogP contribution in [0.4, 0.5) is 5.69 Å². The van der Waals surface area contributed by atoms with Crippen molar-refractivity contribution in [1.29, 1.82) is 0 Å². The monoisotopic (exact) mass is 296 g/mol. The van der Waals surface area contributed by atoms with Crippen LogP contribution in [0.3, 0.4) is 0 Å². The number of hydrogen-bond donors (Lipinski definition) is 1. The topological polar surface area (TPSA) is 50.3 Å². The minimum absolute atomic E-state index is 0.569. The average molecular weight is 296 g/mol. The van der Waals surface area contributed by atoms with E-state index in [1.54, 1.807) is 6.20 Å². The van der Waals surface area contributed by atoms with Gasteiger partial charge in [-0.15, -0.1) is 0 Å². The highest BCUT2D eigenvalue weighted by atomic mass is 16.5. The van der Waals surface area contributed by atoms with Crippen LogP contribution in [0, 0.1) is 0 Å². The Hall–Kier alpha value is -2.14. The predicted molar refractivity (Wildman–Crippen MR) is 85.3 cm³/mol. The molecule has 2 unspecified atom stereocenters. The highest BCUT2D eigenvalue weighted by Gasteiger charge is 2.29. The first-order valence-corrected chi connectivity index (χ1v) is 7.93. The number of nitrogens with one attached hydrogen (secondary N) is 1. The van der Waals surface area contributed by atoms with E-state index in [0.29, 0.717) is 23.8 Å². The Labute approximate surface area is 130 Å². The molecule has 5 heteroatoms. The van der Waals surface area contributed by atoms with Gasteiger partial charge in [-0.3, -0.25) is 0 Å². The Kier molecular flexibility index (Phi) is 3.64. The van der Waals surface area contributed by atoms with Gasteiger partial charge in [-0.2, -0.15) is 0 Å². The average Bonchev–Trinajstić information content (AvgIpc) is 2.89. The molecule has 0 radical (unpaired) electrons. The molecule has 4 rings (SSSR count). The first kappa shape index (κ1) is 13.5. The number of anilines is 1. The van der Waals surface area contributed by atoms with Gasteiger partial charge in [-0.25, -0.2) is 9.97 Å². The Balaban J connectivity index is 1.45. The second-order valence-electron chi connectivity index (χ2n) is 6.00. The normalized spacial score (nSPS) is 24.1. The molecular weight excluding hydrogens is 276 g/mol. The summed E-state index contributed by atoms with van der Waals surface area (Å²) in [6.07, 6.45) is 7.44. The van der Waals surface area contributed by atoms with E-state index in [2.05, 4.69) is 26.3 Å². The quantitative estimate of drug-likeness (QED) is 0.943. The van der Waals surface area contributed by atoms with Crippen molar-refractivity contribution in [3.05, 3.63) is 42.7 Å². The molecule has 2 saturated heterocycles. The molecule has 2 aliphatic rings. The smallest absolute Gasteiger partial charge is 0.221 e. The van der Waals surface area contributed by atoms with E-state index in [4.69, 9.17) is 4.74 Å². The van der Waals surface area contributed by atoms with E-state index < -0.39 is 0 Å². The van der Waals surface area contributed by atoms with Gasteiger partial charge in [0, 0.05) is 43.5 Å². The number of aromatic nitrogens is 2. The molecule has 2 aromatic heterocycles. The van der Waals surface area contributed by atoms with E-state index in [1.165, 1.54) is 24.9 Å². The molecule has 4 heterocycles. The van der Waals surface area contributed by atoms with Gasteiger partial charge in [0.25, 0.3) is 0 Å². The molecule has 2 aromatic rings. The zero-order valence-electron chi connectivity index (χ0n) is 12.5. The molecule has 5 nitrogen and oxygen atoms in total. The first-order chi connectivity index (χ1) is 10.9. The lowest BCUT2D eigenvalue weighted by Crippen LogP contribution is -2.35. The third kappa shape index (κ3) is 2.90. The van der Waals surface area contributed by atoms with Crippen LogP contribution in [-0.4, -0.2) is 35.1 Å². The fraction of sp³-hybridized carbons (Fsp3) is 0.412. The molecular formula is C17H20N4O. The van der Waals surface area contributed by atoms with Gasteiger partial charge in [0.05, 0.1) is 11.9 Å². The molecule has 2 atom stereocenters. The van der Waals surface area contributed by atoms with Crippen LogP contribution >= 0.6 is 0 Å². The Bertz CT molecular complexity index is 616. The molecule has 0 aromatic carbocycles. The van der Waals surface area contributed by atoms with Crippen LogP contribution < -0.4 is 15.0 Å². The second kappa shape index (κ2) is 5.93. The molecule has 1 N–H and O–H groups in total. The van der Waals surface area contributed by atoms with Gasteiger partial charge >= 0.3 is 0 Å². The summed E-state index contributed by atoms with van der Waals surface area (Å²) >= 11 is 0. The highest BCUT2D eigenvalue weighted by Crippen LogP contribution is 2.25. The lowest BCUT2D eigenvalue weighted by Gasteiger charge is -2.26. The summed E-state index contributed by atoms with van der Waals surface area (Å²) in [4.78, 5) is 11.0. The molecule has 0 amide bonds. The maximum atomic E-state index is 5.64. The number of nitrogens with zero attached hydrogens (tertiary/aromatic N) is 3. The molecule has 114 valence electrons. The molecule has 2 bridgehead atoms. The summed E-state index contributed by atoms with van der Waals surface area (Å²) in [5.41, 5.74) is 1.17. The number of hydrogen-bond acceptors (Lipinski definition) is 5. The third-order valence-corrected chi connectivity index (χ3v) is 4.46. The van der Waals surface area contributed by atoms with Crippen molar-refractivity contribution in [1.82, 2.24) is 15.3 Å². The zero-order valence-corrected chi connectivity index (χ0v) is 12.5. The second-order valence-corrected chi connectivity index (χ2v) is 6.00. The number of pyridine rings is 2. The van der Waals surface area contributed by atoms with E-state index in [0.717, 1.165) is 13.1 Å². The maximum absolute atomic E-state index is 5.64. The van der Waals surface area contributed by atoms with Crippen molar-refractivity contribution < 1.29 is 4.74 Å². The summed E-state index contributed by atoms with van der Waals surface area (Å²) in [6, 6.07) is 10.9. The number of ether oxygens (including phenoxy) is 1. The van der Waals surface area contributed by atoms with Crippen molar-refractivity contribution in [2.24, 2.45) is 0 Å². The summed E-state index contributed by atoms with van der Waals surface area (Å²) in [5.74, 6) is 1.15. The molecule has 0 spiro atoms. The van der Waals surface area contributed by atoms with Crippen molar-refractivity contribution in [2.75, 3.05) is 18.0 Å². The van der Waals surface area contributed by atoms with Gasteiger partial charge in [-0.1, -0.05) is 6.07 Å². The summed E-state index contributed by atoms with van der Waals surface area (Å²) in [5, 5.41) is 3.70. The minimum atomic E-state index is 0.569. The van der Waals surface area contributed by atoms with Gasteiger partial charge in [0.15, 0.2) is 0 Å². The van der Waals surface area contributed by atoms with Crippen LogP contribution in [0.15, 0.2) is 42.7 Å². The Morgan fingerprint density at radius 3 is 2.73 bits per heavy atom. The first-order valence-electron chi connectivity index (χ1n) is 7.93. The van der Waals surface area contributed by atoms with Gasteiger partial charge in [-0.05, 0) is 31.4 Å². The van der Waals surface area contributed by atoms with E-state index in [-0.39, 0.29) is 0 Å². The SMILES string of the molecule is c1ccc(Oc2ccc(N3CCC4CCC(C3)N4)cn2)nc1. The summed E-state index contributed by atoms with van der Waals surface area (Å²) in [7, 11) is 0. The summed E-state index contributed by atoms with van der Waals surface area (Å²) < 4.78 is 5.64. The highest BCUT2D eigenvalue weighted by molar-refractivity contribution is 5.46. The van der Waals surface area contributed by atoms with Crippen LogP contribution in [0.1, 0.15) is 19.3 Å². The number of fused-ring (bicyclic) bond motifs is 2. The largest absolute Gasteiger partial charge is 0.421 e. The van der Waals surface area contributed by atoms with Crippen molar-refractivity contribution in [3.8, 4) is 11.8 Å². The van der Waals surface area contributed by atoms with E-state index >= 15 is 0 Å². The Morgan fingerprint density at radius 1 is 1.00 bits per heavy atom. The van der Waals surface area contributed by atoms with Crippen LogP contribution in [0.25, 0.3) is 0 Å². The molecule has 2 aliphatic heterocycles. The standard InChI is InChI=1S/C17H20N4O/c1-2-9-18-16(3-1)22-17-7-6-15(11-19-17)21-10-8-13-4-5-14(12-21)20-13/h1-3,6-7,9,11,13-14,20H,4-5,8,10,12H2. The lowest BCUT2D eigenvalue weighted by atomic mass is 10.1. The van der Waals surface area contributed by atoms with Crippen molar-refractivity contribution in [3.63, 3.8) is 0 Å². The fourth-order valence-electron chi connectivity index (χ4n) is 3.31. The van der Waals surface area contributed by atoms with Crippen LogP contribution in [-0.2, 0) is 0 Å². The third-order valence-electron chi connectivity index (χ3n) is 4.46. The van der Waals surface area contributed by atoms with Crippen molar-refractivity contribution >= 4 is 5.69 Å². The fourth-order valence-corrected chi connectivity index (χ4v) is 3.31. The van der Waals surface area contributed by atoms with Crippen molar-refractivity contribution in [2.45, 2.75) is 31.3 Å². The lowest BCUT2D eigenvalue weighted by molar-refractivity contribution is 0.444. The molecule has 0 aliphatic carbocycles. The van der Waals surface area contributed by atoms with Gasteiger partial charge in [0.1, 0.15) is 0 Å². The molecule has 22 heavy (non-hydrogen) atoms. The zero-order chi connectivity index (χ0) is 14.8.